The molecule has 4 N–H and O–H groups in total. The molecule has 0 fully saturated rings. The van der Waals surface area contributed by atoms with Gasteiger partial charge in [-0.05, 0) is 0 Å². The Kier molecular flexibility index (Phi) is 13.2. The smallest absolute Gasteiger partial charge is 0.330 e. The van der Waals surface area contributed by atoms with Gasteiger partial charge >= 0.3 is 17.9 Å². The van der Waals surface area contributed by atoms with Crippen molar-refractivity contribution in [3.8, 4) is 0 Å². The molecule has 11 nitrogen and oxygen atoms in total. The van der Waals surface area contributed by atoms with Crippen molar-refractivity contribution in [2.45, 2.75) is 18.2 Å². The van der Waals surface area contributed by atoms with Crippen molar-refractivity contribution in [3.63, 3.8) is 0 Å². The predicted octanol–water partition coefficient (Wildman–Crippen LogP) is -2.15. The highest BCUT2D eigenvalue weighted by atomic mass is 16.8. The second-order valence-corrected chi connectivity index (χ2v) is 5.09. The second kappa shape index (κ2) is 14.2. The molecule has 0 spiro atoms. The number of ether oxygens (including phenoxy) is 5. The van der Waals surface area contributed by atoms with Crippen LogP contribution >= 0.6 is 0 Å². The Morgan fingerprint density at radius 1 is 0.926 bits per heavy atom. The van der Waals surface area contributed by atoms with Crippen molar-refractivity contribution < 1.29 is 53.7 Å². The molecule has 0 heterocycles. The summed E-state index contributed by atoms with van der Waals surface area (Å²) in [7, 11) is 0. The molecule has 156 valence electrons. The van der Waals surface area contributed by atoms with Gasteiger partial charge in [-0.25, -0.2) is 9.59 Å². The average molecular weight is 394 g/mol. The molecule has 0 bridgehead atoms. The van der Waals surface area contributed by atoms with Gasteiger partial charge in [0.2, 0.25) is 0 Å². The van der Waals surface area contributed by atoms with Crippen LogP contribution in [0.1, 0.15) is 0 Å². The zero-order valence-electron chi connectivity index (χ0n) is 14.8. The fraction of sp³-hybridized carbons (Fsp3) is 0.625. The van der Waals surface area contributed by atoms with Crippen LogP contribution in [0.25, 0.3) is 0 Å². The molecule has 0 aromatic carbocycles. The molecular formula is C16H26O11. The van der Waals surface area contributed by atoms with Crippen LogP contribution in [0.15, 0.2) is 25.3 Å². The number of hydrogen-bond acceptors (Lipinski definition) is 11. The van der Waals surface area contributed by atoms with Crippen molar-refractivity contribution in [2.24, 2.45) is 0 Å². The fourth-order valence-corrected chi connectivity index (χ4v) is 1.41. The average Bonchev–Trinajstić information content (AvgIpc) is 2.67. The van der Waals surface area contributed by atoms with E-state index in [1.165, 1.54) is 0 Å². The summed E-state index contributed by atoms with van der Waals surface area (Å²) in [5.41, 5.74) is 0. The quantitative estimate of drug-likeness (QED) is 0.0978. The van der Waals surface area contributed by atoms with Crippen LogP contribution in [0.4, 0.5) is 0 Å². The van der Waals surface area contributed by atoms with Crippen LogP contribution in [-0.4, -0.2) is 96.8 Å². The van der Waals surface area contributed by atoms with Crippen LogP contribution in [0.3, 0.4) is 0 Å². The summed E-state index contributed by atoms with van der Waals surface area (Å²) >= 11 is 0. The molecule has 0 radical (unpaired) electrons. The summed E-state index contributed by atoms with van der Waals surface area (Å²) in [6.45, 7) is 3.51. The van der Waals surface area contributed by atoms with Gasteiger partial charge in [-0.3, -0.25) is 0 Å². The number of rotatable bonds is 16. The van der Waals surface area contributed by atoms with Gasteiger partial charge < -0.3 is 44.1 Å². The van der Waals surface area contributed by atoms with E-state index in [4.69, 9.17) is 19.3 Å². The Hall–Kier alpha value is -1.86. The summed E-state index contributed by atoms with van der Waals surface area (Å²) in [5, 5.41) is 38.3. The largest absolute Gasteiger partial charge is 0.460 e. The first-order chi connectivity index (χ1) is 12.8. The molecule has 0 saturated carbocycles. The summed E-state index contributed by atoms with van der Waals surface area (Å²) < 4.78 is 24.2. The van der Waals surface area contributed by atoms with E-state index in [0.29, 0.717) is 0 Å². The van der Waals surface area contributed by atoms with Crippen molar-refractivity contribution in [3.05, 3.63) is 25.3 Å². The lowest BCUT2D eigenvalue weighted by atomic mass is 10.4. The molecule has 0 aromatic heterocycles. The minimum atomic E-state index is -2.39. The van der Waals surface area contributed by atoms with Crippen LogP contribution in [0, 0.1) is 0 Å². The fourth-order valence-electron chi connectivity index (χ4n) is 1.41. The Balaban J connectivity index is 4.50. The maximum Gasteiger partial charge on any atom is 0.330 e. The number of esters is 2. The first-order valence-corrected chi connectivity index (χ1v) is 7.89. The molecular weight excluding hydrogens is 368 g/mol. The number of carbonyl (C=O) groups excluding carboxylic acids is 2. The molecule has 11 heteroatoms. The van der Waals surface area contributed by atoms with Crippen LogP contribution in [-0.2, 0) is 33.3 Å². The lowest BCUT2D eigenvalue weighted by Gasteiger charge is -2.29. The van der Waals surface area contributed by atoms with Crippen molar-refractivity contribution in [2.75, 3.05) is 46.2 Å². The topological polar surface area (TPSA) is 161 Å². The molecule has 0 aliphatic rings. The third-order valence-electron chi connectivity index (χ3n) is 2.69. The third kappa shape index (κ3) is 13.0. The molecule has 27 heavy (non-hydrogen) atoms. The first kappa shape index (κ1) is 25.1. The van der Waals surface area contributed by atoms with Gasteiger partial charge in [0.1, 0.15) is 32.0 Å². The zero-order valence-corrected chi connectivity index (χ0v) is 14.8. The molecule has 0 aliphatic carbocycles. The Labute approximate surface area is 156 Å². The Morgan fingerprint density at radius 3 is 1.74 bits per heavy atom. The molecule has 2 unspecified atom stereocenters. The highest BCUT2D eigenvalue weighted by molar-refractivity contribution is 5.81. The van der Waals surface area contributed by atoms with Crippen molar-refractivity contribution >= 4 is 11.9 Å². The highest BCUT2D eigenvalue weighted by Crippen LogP contribution is 2.12. The van der Waals surface area contributed by atoms with E-state index < -0.39 is 63.2 Å². The molecule has 0 aliphatic heterocycles. The molecule has 0 rings (SSSR count). The van der Waals surface area contributed by atoms with E-state index >= 15 is 0 Å². The summed E-state index contributed by atoms with van der Waals surface area (Å²) in [6, 6.07) is 0. The second-order valence-electron chi connectivity index (χ2n) is 5.09. The minimum Gasteiger partial charge on any atom is -0.460 e. The normalized spacial score (nSPS) is 15.3. The summed E-state index contributed by atoms with van der Waals surface area (Å²) in [4.78, 5) is 21.8. The maximum atomic E-state index is 10.9. The van der Waals surface area contributed by atoms with E-state index in [9.17, 15) is 24.9 Å². The maximum absolute atomic E-state index is 10.9. The summed E-state index contributed by atoms with van der Waals surface area (Å²) in [5.74, 6) is -3.88. The first-order valence-electron chi connectivity index (χ1n) is 7.89. The number of aliphatic hydroxyl groups excluding tert-OH is 3. The van der Waals surface area contributed by atoms with E-state index in [-0.39, 0.29) is 13.2 Å². The van der Waals surface area contributed by atoms with Gasteiger partial charge in [0.15, 0.2) is 0 Å². The van der Waals surface area contributed by atoms with Gasteiger partial charge in [-0.1, -0.05) is 13.2 Å². The van der Waals surface area contributed by atoms with Crippen molar-refractivity contribution in [1.29, 1.82) is 0 Å². The Morgan fingerprint density at radius 2 is 1.37 bits per heavy atom. The molecule has 2 atom stereocenters. The lowest BCUT2D eigenvalue weighted by Crippen LogP contribution is -2.45. The lowest BCUT2D eigenvalue weighted by molar-refractivity contribution is -0.384. The standard InChI is InChI=1S/C16H26O11/c1-3-14(20)24-7-12(18)9-26-16(22,11-23-6-5-17)27-10-13(19)8-25-15(21)4-2/h3-4,12-13,17-19,22H,1-2,5-11H2. The van der Waals surface area contributed by atoms with Gasteiger partial charge in [0.05, 0.1) is 26.4 Å². The van der Waals surface area contributed by atoms with Crippen molar-refractivity contribution in [1.82, 2.24) is 0 Å². The zero-order chi connectivity index (χ0) is 20.7. The molecule has 0 amide bonds. The van der Waals surface area contributed by atoms with E-state index in [0.717, 1.165) is 12.2 Å². The third-order valence-corrected chi connectivity index (χ3v) is 2.69. The minimum absolute atomic E-state index is 0.131. The van der Waals surface area contributed by atoms with Gasteiger partial charge in [0, 0.05) is 12.2 Å². The highest BCUT2D eigenvalue weighted by Gasteiger charge is 2.32. The van der Waals surface area contributed by atoms with Crippen LogP contribution < -0.4 is 0 Å². The summed E-state index contributed by atoms with van der Waals surface area (Å²) in [6.07, 6.45) is -0.757. The van der Waals surface area contributed by atoms with E-state index in [1.807, 2.05) is 0 Å². The number of carbonyl (C=O) groups is 2. The van der Waals surface area contributed by atoms with E-state index in [2.05, 4.69) is 22.6 Å². The molecule has 0 saturated heterocycles. The van der Waals surface area contributed by atoms with Crippen LogP contribution in [0.2, 0.25) is 0 Å². The van der Waals surface area contributed by atoms with E-state index in [1.54, 1.807) is 0 Å². The van der Waals surface area contributed by atoms with Gasteiger partial charge in [0.25, 0.3) is 0 Å². The SMILES string of the molecule is C=CC(=O)OCC(O)COC(O)(COCCO)OCC(O)COC(=O)C=C. The number of hydrogen-bond donors (Lipinski definition) is 4. The predicted molar refractivity (Wildman–Crippen MR) is 89.1 cm³/mol. The Bertz CT molecular complexity index is 431. The van der Waals surface area contributed by atoms with Crippen LogP contribution in [0.5, 0.6) is 0 Å². The van der Waals surface area contributed by atoms with Gasteiger partial charge in [-0.2, -0.15) is 0 Å². The molecule has 0 aromatic rings. The number of aliphatic hydroxyl groups is 4. The monoisotopic (exact) mass is 394 g/mol. The van der Waals surface area contributed by atoms with Gasteiger partial charge in [-0.15, -0.1) is 0 Å².